The van der Waals surface area contributed by atoms with Crippen molar-refractivity contribution in [1.29, 1.82) is 0 Å². The van der Waals surface area contributed by atoms with Gasteiger partial charge in [0, 0.05) is 41.4 Å². The van der Waals surface area contributed by atoms with Gasteiger partial charge < -0.3 is 14.8 Å². The SMILES string of the molecule is CCOC(CCNc1ccc(Cl)cc1Br)OCC. The number of anilines is 1. The maximum Gasteiger partial charge on any atom is 0.159 e. The van der Waals surface area contributed by atoms with Crippen LogP contribution in [0.1, 0.15) is 20.3 Å². The molecule has 0 unspecified atom stereocenters. The average molecular weight is 337 g/mol. The van der Waals surface area contributed by atoms with E-state index in [1.165, 1.54) is 0 Å². The molecule has 18 heavy (non-hydrogen) atoms. The number of benzene rings is 1. The van der Waals surface area contributed by atoms with Gasteiger partial charge in [-0.05, 0) is 48.0 Å². The molecule has 0 heterocycles. The molecule has 0 fully saturated rings. The van der Waals surface area contributed by atoms with Crippen molar-refractivity contribution in [1.82, 2.24) is 0 Å². The van der Waals surface area contributed by atoms with Crippen LogP contribution in [0.15, 0.2) is 22.7 Å². The summed E-state index contributed by atoms with van der Waals surface area (Å²) in [7, 11) is 0. The van der Waals surface area contributed by atoms with Gasteiger partial charge in [0.1, 0.15) is 0 Å². The molecule has 102 valence electrons. The fraction of sp³-hybridized carbons (Fsp3) is 0.538. The van der Waals surface area contributed by atoms with Gasteiger partial charge in [-0.2, -0.15) is 0 Å². The summed E-state index contributed by atoms with van der Waals surface area (Å²) < 4.78 is 11.9. The highest BCUT2D eigenvalue weighted by Gasteiger charge is 2.07. The number of ether oxygens (including phenoxy) is 2. The van der Waals surface area contributed by atoms with Crippen molar-refractivity contribution in [2.75, 3.05) is 25.1 Å². The van der Waals surface area contributed by atoms with Crippen molar-refractivity contribution in [3.05, 3.63) is 27.7 Å². The minimum atomic E-state index is -0.140. The highest BCUT2D eigenvalue weighted by molar-refractivity contribution is 9.10. The Morgan fingerprint density at radius 2 is 1.94 bits per heavy atom. The Labute approximate surface area is 122 Å². The maximum atomic E-state index is 5.89. The standard InChI is InChI=1S/C13H19BrClNO2/c1-3-17-13(18-4-2)7-8-16-12-6-5-10(15)9-11(12)14/h5-6,9,13,16H,3-4,7-8H2,1-2H3. The summed E-state index contributed by atoms with van der Waals surface area (Å²) in [5.74, 6) is 0. The zero-order valence-electron chi connectivity index (χ0n) is 10.7. The minimum absolute atomic E-state index is 0.140. The van der Waals surface area contributed by atoms with Gasteiger partial charge in [0.15, 0.2) is 6.29 Å². The van der Waals surface area contributed by atoms with E-state index in [0.29, 0.717) is 18.2 Å². The first kappa shape index (κ1) is 15.8. The summed E-state index contributed by atoms with van der Waals surface area (Å²) >= 11 is 9.35. The van der Waals surface area contributed by atoms with Crippen LogP contribution in [-0.4, -0.2) is 26.0 Å². The second-order valence-electron chi connectivity index (χ2n) is 3.68. The van der Waals surface area contributed by atoms with Crippen molar-refractivity contribution < 1.29 is 9.47 Å². The summed E-state index contributed by atoms with van der Waals surface area (Å²) in [6.45, 7) is 6.04. The molecule has 3 nitrogen and oxygen atoms in total. The number of nitrogens with one attached hydrogen (secondary N) is 1. The highest BCUT2D eigenvalue weighted by atomic mass is 79.9. The summed E-state index contributed by atoms with van der Waals surface area (Å²) in [6, 6.07) is 5.67. The number of rotatable bonds is 8. The van der Waals surface area contributed by atoms with E-state index in [1.54, 1.807) is 0 Å². The van der Waals surface area contributed by atoms with Crippen LogP contribution < -0.4 is 5.32 Å². The van der Waals surface area contributed by atoms with Gasteiger partial charge in [-0.15, -0.1) is 0 Å². The van der Waals surface area contributed by atoms with Crippen LogP contribution in [0.25, 0.3) is 0 Å². The molecule has 0 saturated carbocycles. The monoisotopic (exact) mass is 335 g/mol. The van der Waals surface area contributed by atoms with Crippen molar-refractivity contribution in [2.45, 2.75) is 26.6 Å². The van der Waals surface area contributed by atoms with Crippen LogP contribution in [0, 0.1) is 0 Å². The third kappa shape index (κ3) is 5.57. The Hall–Kier alpha value is -0.290. The quantitative estimate of drug-likeness (QED) is 0.718. The van der Waals surface area contributed by atoms with Gasteiger partial charge in [-0.25, -0.2) is 0 Å². The molecular weight excluding hydrogens is 318 g/mol. The first-order chi connectivity index (χ1) is 8.67. The number of halogens is 2. The average Bonchev–Trinajstić information content (AvgIpc) is 2.32. The number of hydrogen-bond acceptors (Lipinski definition) is 3. The van der Waals surface area contributed by atoms with E-state index in [0.717, 1.165) is 23.1 Å². The summed E-state index contributed by atoms with van der Waals surface area (Å²) in [4.78, 5) is 0. The molecule has 1 aromatic carbocycles. The van der Waals surface area contributed by atoms with Gasteiger partial charge in [-0.1, -0.05) is 11.6 Å². The van der Waals surface area contributed by atoms with Crippen molar-refractivity contribution in [2.24, 2.45) is 0 Å². The second-order valence-corrected chi connectivity index (χ2v) is 4.97. The smallest absolute Gasteiger partial charge is 0.159 e. The van der Waals surface area contributed by atoms with Crippen molar-refractivity contribution in [3.8, 4) is 0 Å². The van der Waals surface area contributed by atoms with E-state index in [9.17, 15) is 0 Å². The number of hydrogen-bond donors (Lipinski definition) is 1. The van der Waals surface area contributed by atoms with Crippen LogP contribution in [0.2, 0.25) is 5.02 Å². The Morgan fingerprint density at radius 3 is 2.50 bits per heavy atom. The maximum absolute atomic E-state index is 5.89. The fourth-order valence-corrected chi connectivity index (χ4v) is 2.37. The molecule has 0 aromatic heterocycles. The minimum Gasteiger partial charge on any atom is -0.384 e. The Morgan fingerprint density at radius 1 is 1.28 bits per heavy atom. The topological polar surface area (TPSA) is 30.5 Å². The van der Waals surface area contributed by atoms with Crippen LogP contribution >= 0.6 is 27.5 Å². The van der Waals surface area contributed by atoms with Crippen molar-refractivity contribution in [3.63, 3.8) is 0 Å². The molecular formula is C13H19BrClNO2. The van der Waals surface area contributed by atoms with Crippen LogP contribution in [0.3, 0.4) is 0 Å². The Kier molecular flexibility index (Phi) is 7.66. The van der Waals surface area contributed by atoms with E-state index in [4.69, 9.17) is 21.1 Å². The van der Waals surface area contributed by atoms with Gasteiger partial charge >= 0.3 is 0 Å². The van der Waals surface area contributed by atoms with E-state index in [2.05, 4.69) is 21.2 Å². The zero-order chi connectivity index (χ0) is 13.4. The molecule has 1 N–H and O–H groups in total. The third-order valence-corrected chi connectivity index (χ3v) is 3.22. The first-order valence-electron chi connectivity index (χ1n) is 6.09. The van der Waals surface area contributed by atoms with Crippen LogP contribution in [0.4, 0.5) is 5.69 Å². The van der Waals surface area contributed by atoms with Crippen LogP contribution in [-0.2, 0) is 9.47 Å². The lowest BCUT2D eigenvalue weighted by Gasteiger charge is -2.17. The molecule has 0 aliphatic heterocycles. The van der Waals surface area contributed by atoms with Gasteiger partial charge in [0.2, 0.25) is 0 Å². The van der Waals surface area contributed by atoms with Crippen molar-refractivity contribution >= 4 is 33.2 Å². The first-order valence-corrected chi connectivity index (χ1v) is 7.26. The van der Waals surface area contributed by atoms with E-state index < -0.39 is 0 Å². The lowest BCUT2D eigenvalue weighted by Crippen LogP contribution is -2.21. The summed E-state index contributed by atoms with van der Waals surface area (Å²) in [6.07, 6.45) is 0.662. The van der Waals surface area contributed by atoms with E-state index >= 15 is 0 Å². The van der Waals surface area contributed by atoms with E-state index in [-0.39, 0.29) is 6.29 Å². The van der Waals surface area contributed by atoms with Gasteiger partial charge in [-0.3, -0.25) is 0 Å². The molecule has 0 spiro atoms. The fourth-order valence-electron chi connectivity index (χ4n) is 1.54. The molecule has 0 bridgehead atoms. The molecule has 0 saturated heterocycles. The van der Waals surface area contributed by atoms with E-state index in [1.807, 2.05) is 32.0 Å². The highest BCUT2D eigenvalue weighted by Crippen LogP contribution is 2.25. The molecule has 0 amide bonds. The molecule has 1 rings (SSSR count). The zero-order valence-corrected chi connectivity index (χ0v) is 13.1. The largest absolute Gasteiger partial charge is 0.384 e. The predicted molar refractivity (Wildman–Crippen MR) is 79.3 cm³/mol. The lowest BCUT2D eigenvalue weighted by molar-refractivity contribution is -0.137. The predicted octanol–water partition coefficient (Wildman–Crippen LogP) is 4.30. The molecule has 0 atom stereocenters. The van der Waals surface area contributed by atoms with Gasteiger partial charge in [0.05, 0.1) is 0 Å². The molecule has 1 aromatic rings. The van der Waals surface area contributed by atoms with Gasteiger partial charge in [0.25, 0.3) is 0 Å². The Bertz CT molecular complexity index is 357. The summed E-state index contributed by atoms with van der Waals surface area (Å²) in [5, 5.41) is 4.04. The second kappa shape index (κ2) is 8.75. The molecule has 5 heteroatoms. The molecule has 0 radical (unpaired) electrons. The Balaban J connectivity index is 2.39. The molecule has 0 aliphatic rings. The third-order valence-electron chi connectivity index (χ3n) is 2.33. The van der Waals surface area contributed by atoms with Crippen LogP contribution in [0.5, 0.6) is 0 Å². The lowest BCUT2D eigenvalue weighted by atomic mass is 10.3. The molecule has 0 aliphatic carbocycles. The normalized spacial score (nSPS) is 10.9. The summed E-state index contributed by atoms with van der Waals surface area (Å²) in [5.41, 5.74) is 1.02.